The number of hydrogen-bond donors (Lipinski definition) is 0. The molecule has 9 aromatic carbocycles. The maximum absolute atomic E-state index is 6.97. The fraction of sp³-hybridized carbons (Fsp3) is 0.132. The van der Waals surface area contributed by atoms with Crippen molar-refractivity contribution in [3.8, 4) is 33.8 Å². The molecule has 0 spiro atoms. The number of benzene rings is 9. The van der Waals surface area contributed by atoms with Crippen LogP contribution in [0.2, 0.25) is 0 Å². The van der Waals surface area contributed by atoms with E-state index in [1.165, 1.54) is 71.5 Å². The lowest BCUT2D eigenvalue weighted by Crippen LogP contribution is -2.25. The average Bonchev–Trinajstić information content (AvgIpc) is 4.08. The third-order valence-corrected chi connectivity index (χ3v) is 15.4. The minimum absolute atomic E-state index is 0.0283. The van der Waals surface area contributed by atoms with Crippen molar-refractivity contribution in [1.29, 1.82) is 0 Å². The first kappa shape index (κ1) is 43.9. The van der Waals surface area contributed by atoms with Gasteiger partial charge in [0.05, 0.1) is 44.6 Å². The summed E-state index contributed by atoms with van der Waals surface area (Å²) in [6.07, 6.45) is 1.91. The minimum Gasteiger partial charge on any atom is -0.457 e. The van der Waals surface area contributed by atoms with E-state index in [1.807, 2.05) is 12.3 Å². The molecule has 0 saturated carbocycles. The zero-order chi connectivity index (χ0) is 50.0. The molecule has 0 bridgehead atoms. The van der Waals surface area contributed by atoms with Gasteiger partial charge in [0.25, 0.3) is 0 Å². The summed E-state index contributed by atoms with van der Waals surface area (Å²) in [6, 6.07) is 75.2. The fourth-order valence-electron chi connectivity index (χ4n) is 11.8. The molecule has 6 heteroatoms. The topological polar surface area (TPSA) is 37.4 Å². The summed E-state index contributed by atoms with van der Waals surface area (Å²) in [5.41, 5.74) is 18.4. The number of aromatic nitrogens is 3. The second-order valence-corrected chi connectivity index (χ2v) is 22.1. The molecule has 0 N–H and O–H groups in total. The zero-order valence-electron chi connectivity index (χ0n) is 42.6. The van der Waals surface area contributed by atoms with Gasteiger partial charge in [-0.1, -0.05) is 181 Å². The molecular weight excluding hydrogens is 903 g/mol. The third kappa shape index (κ3) is 6.81. The van der Waals surface area contributed by atoms with Crippen molar-refractivity contribution in [2.75, 3.05) is 16.5 Å². The number of anilines is 4. The molecule has 74 heavy (non-hydrogen) atoms. The quantitative estimate of drug-likeness (QED) is 0.166. The Morgan fingerprint density at radius 1 is 0.405 bits per heavy atom. The molecule has 0 unspecified atom stereocenters. The Hall–Kier alpha value is -8.87. The fourth-order valence-corrected chi connectivity index (χ4v) is 11.8. The number of rotatable bonds is 6. The van der Waals surface area contributed by atoms with Crippen molar-refractivity contribution in [3.63, 3.8) is 0 Å². The molecule has 358 valence electrons. The maximum Gasteiger partial charge on any atom is 0.162 e. The number of nitrogens with zero attached hydrogens (tertiary/aromatic N) is 5. The van der Waals surface area contributed by atoms with Crippen molar-refractivity contribution in [2.24, 2.45) is 0 Å². The van der Waals surface area contributed by atoms with E-state index in [0.29, 0.717) is 6.67 Å². The van der Waals surface area contributed by atoms with Crippen LogP contribution >= 0.6 is 0 Å². The van der Waals surface area contributed by atoms with E-state index in [2.05, 4.69) is 260 Å². The van der Waals surface area contributed by atoms with E-state index in [0.717, 1.165) is 61.7 Å². The van der Waals surface area contributed by atoms with Gasteiger partial charge in [0.15, 0.2) is 5.65 Å². The molecule has 0 aliphatic carbocycles. The van der Waals surface area contributed by atoms with Gasteiger partial charge in [-0.3, -0.25) is 4.40 Å². The van der Waals surface area contributed by atoms with E-state index < -0.39 is 0 Å². The van der Waals surface area contributed by atoms with Crippen LogP contribution in [0, 0.1) is 0 Å². The molecule has 1 aliphatic rings. The standard InChI is InChI=1S/C68H55N5O/c1-67(2,3)45-37-44(38-46(39-45)68(4,5)6)51-25-15-24-50(43-19-8-7-9-20-43)63(51)71-42-70(59-31-12-13-32-60(59)71)47-21-14-22-48(40-47)74-49-34-35-53-55-27-17-29-57-56-28-16-26-54-52-23-10-11-30-58(52)72(64(54)56)61-33-18-36-69-66(61)73(65(55)57)62(53)41-49/h7-41H,42H2,1-6H3. The Morgan fingerprint density at radius 2 is 0.959 bits per heavy atom. The molecule has 0 radical (unpaired) electrons. The molecule has 5 heterocycles. The molecule has 0 atom stereocenters. The Kier molecular flexibility index (Phi) is 9.68. The molecule has 6 nitrogen and oxygen atoms in total. The van der Waals surface area contributed by atoms with Crippen LogP contribution in [-0.4, -0.2) is 20.5 Å². The van der Waals surface area contributed by atoms with Gasteiger partial charge in [0, 0.05) is 67.5 Å². The molecule has 0 fully saturated rings. The summed E-state index contributed by atoms with van der Waals surface area (Å²) >= 11 is 0. The van der Waals surface area contributed by atoms with Gasteiger partial charge in [0.2, 0.25) is 0 Å². The van der Waals surface area contributed by atoms with Crippen molar-refractivity contribution in [1.82, 2.24) is 13.8 Å². The predicted molar refractivity (Wildman–Crippen MR) is 310 cm³/mol. The van der Waals surface area contributed by atoms with Gasteiger partial charge < -0.3 is 18.9 Å². The highest BCUT2D eigenvalue weighted by Gasteiger charge is 2.32. The van der Waals surface area contributed by atoms with Crippen molar-refractivity contribution < 1.29 is 4.74 Å². The normalized spacial score (nSPS) is 13.2. The maximum atomic E-state index is 6.97. The smallest absolute Gasteiger partial charge is 0.162 e. The van der Waals surface area contributed by atoms with E-state index in [4.69, 9.17) is 9.72 Å². The Bertz CT molecular complexity index is 4380. The molecule has 0 amide bonds. The van der Waals surface area contributed by atoms with Crippen LogP contribution in [0.15, 0.2) is 212 Å². The zero-order valence-corrected chi connectivity index (χ0v) is 42.6. The molecule has 13 aromatic rings. The summed E-state index contributed by atoms with van der Waals surface area (Å²) < 4.78 is 11.7. The third-order valence-electron chi connectivity index (χ3n) is 15.4. The second kappa shape index (κ2) is 16.3. The predicted octanol–water partition coefficient (Wildman–Crippen LogP) is 18.3. The van der Waals surface area contributed by atoms with E-state index in [1.54, 1.807) is 0 Å². The summed E-state index contributed by atoms with van der Waals surface area (Å²) in [4.78, 5) is 10.1. The van der Waals surface area contributed by atoms with Crippen molar-refractivity contribution >= 4 is 88.3 Å². The first-order valence-corrected chi connectivity index (χ1v) is 25.8. The molecule has 0 saturated heterocycles. The van der Waals surface area contributed by atoms with Crippen LogP contribution in [0.25, 0.3) is 87.8 Å². The van der Waals surface area contributed by atoms with Gasteiger partial charge in [-0.25, -0.2) is 4.98 Å². The van der Waals surface area contributed by atoms with Crippen LogP contribution in [0.5, 0.6) is 11.5 Å². The van der Waals surface area contributed by atoms with Gasteiger partial charge in [-0.15, -0.1) is 0 Å². The lowest BCUT2D eigenvalue weighted by Gasteiger charge is -2.29. The first-order valence-electron chi connectivity index (χ1n) is 25.8. The summed E-state index contributed by atoms with van der Waals surface area (Å²) in [5.74, 6) is 1.51. The Balaban J connectivity index is 0.898. The summed E-state index contributed by atoms with van der Waals surface area (Å²) in [5, 5.41) is 7.15. The summed E-state index contributed by atoms with van der Waals surface area (Å²) in [7, 11) is 0. The van der Waals surface area contributed by atoms with E-state index in [-0.39, 0.29) is 10.8 Å². The highest BCUT2D eigenvalue weighted by atomic mass is 16.5. The van der Waals surface area contributed by atoms with E-state index in [9.17, 15) is 0 Å². The van der Waals surface area contributed by atoms with Crippen LogP contribution in [0.1, 0.15) is 52.7 Å². The number of para-hydroxylation sites is 6. The van der Waals surface area contributed by atoms with Gasteiger partial charge in [0.1, 0.15) is 18.2 Å². The number of hydrogen-bond acceptors (Lipinski definition) is 4. The van der Waals surface area contributed by atoms with Gasteiger partial charge in [-0.05, 0) is 87.7 Å². The van der Waals surface area contributed by atoms with Crippen LogP contribution in [-0.2, 0) is 10.8 Å². The first-order chi connectivity index (χ1) is 36.0. The number of ether oxygens (including phenoxy) is 1. The molecule has 4 aromatic heterocycles. The Labute approximate surface area is 430 Å². The monoisotopic (exact) mass is 957 g/mol. The lowest BCUT2D eigenvalue weighted by atomic mass is 9.78. The molecular formula is C68H55N5O. The van der Waals surface area contributed by atoms with E-state index >= 15 is 0 Å². The summed E-state index contributed by atoms with van der Waals surface area (Å²) in [6.45, 7) is 14.5. The average molecular weight is 958 g/mol. The van der Waals surface area contributed by atoms with Gasteiger partial charge in [-0.2, -0.15) is 0 Å². The van der Waals surface area contributed by atoms with Gasteiger partial charge >= 0.3 is 0 Å². The van der Waals surface area contributed by atoms with Crippen LogP contribution in [0.4, 0.5) is 22.7 Å². The molecule has 1 aliphatic heterocycles. The number of pyridine rings is 1. The highest BCUT2D eigenvalue weighted by Crippen LogP contribution is 2.51. The minimum atomic E-state index is -0.0283. The number of fused-ring (bicyclic) bond motifs is 11. The Morgan fingerprint density at radius 3 is 1.68 bits per heavy atom. The SMILES string of the molecule is CC(C)(C)c1cc(-c2cccc(-c3ccccc3)c2N2CN(c3cccc(Oc4ccc5c6cccc7c8cccc9c%10ccccc%10n(c%10cccnc%10n(c5c4)c67)c98)c3)c3ccccc32)cc(C(C)(C)C)c1. The molecule has 14 rings (SSSR count). The highest BCUT2D eigenvalue weighted by molar-refractivity contribution is 6.25. The van der Waals surface area contributed by atoms with Crippen LogP contribution in [0.3, 0.4) is 0 Å². The lowest BCUT2D eigenvalue weighted by molar-refractivity contribution is 0.483. The van der Waals surface area contributed by atoms with Crippen LogP contribution < -0.4 is 14.5 Å². The second-order valence-electron chi connectivity index (χ2n) is 22.1. The van der Waals surface area contributed by atoms with Crippen molar-refractivity contribution in [3.05, 3.63) is 224 Å². The van der Waals surface area contributed by atoms with Crippen molar-refractivity contribution in [2.45, 2.75) is 52.4 Å². The largest absolute Gasteiger partial charge is 0.457 e.